The van der Waals surface area contributed by atoms with E-state index >= 15 is 0 Å². The maximum atomic E-state index is 14.0. The summed E-state index contributed by atoms with van der Waals surface area (Å²) < 4.78 is 42.0. The van der Waals surface area contributed by atoms with E-state index in [2.05, 4.69) is 15.0 Å². The number of aromatic nitrogens is 2. The summed E-state index contributed by atoms with van der Waals surface area (Å²) in [6.45, 7) is -0.547. The summed E-state index contributed by atoms with van der Waals surface area (Å²) in [5, 5.41) is 8.84. The molecule has 0 aromatic carbocycles. The van der Waals surface area contributed by atoms with Gasteiger partial charge in [-0.15, -0.1) is 0 Å². The van der Waals surface area contributed by atoms with E-state index < -0.39 is 24.6 Å². The van der Waals surface area contributed by atoms with Crippen LogP contribution in [0.1, 0.15) is 23.4 Å². The fourth-order valence-electron chi connectivity index (χ4n) is 2.77. The van der Waals surface area contributed by atoms with Gasteiger partial charge in [0.15, 0.2) is 5.69 Å². The highest BCUT2D eigenvalue weighted by Gasteiger charge is 2.58. The van der Waals surface area contributed by atoms with Crippen LogP contribution in [0.25, 0.3) is 0 Å². The highest BCUT2D eigenvalue weighted by Crippen LogP contribution is 2.48. The van der Waals surface area contributed by atoms with Crippen LogP contribution in [0.15, 0.2) is 29.3 Å². The van der Waals surface area contributed by atoms with Gasteiger partial charge in [-0.2, -0.15) is 18.4 Å². The fourth-order valence-corrected chi connectivity index (χ4v) is 3.38. The lowest BCUT2D eigenvalue weighted by Gasteiger charge is -2.31. The zero-order valence-electron chi connectivity index (χ0n) is 12.8. The first-order valence-corrected chi connectivity index (χ1v) is 8.30. The first-order chi connectivity index (χ1) is 12.2. The van der Waals surface area contributed by atoms with Gasteiger partial charge in [-0.25, -0.2) is 9.97 Å². The monoisotopic (exact) mass is 418 g/mol. The number of nitriles is 1. The molecule has 0 amide bonds. The normalized spacial score (nSPS) is 20.0. The molecular weight excluding hydrogens is 412 g/mol. The molecule has 0 bridgehead atoms. The van der Waals surface area contributed by atoms with Crippen molar-refractivity contribution in [2.75, 3.05) is 6.54 Å². The van der Waals surface area contributed by atoms with Gasteiger partial charge in [0.2, 0.25) is 0 Å². The molecule has 10 heteroatoms. The second-order valence-corrected chi connectivity index (χ2v) is 6.84. The van der Waals surface area contributed by atoms with Crippen LogP contribution in [0.4, 0.5) is 13.2 Å². The summed E-state index contributed by atoms with van der Waals surface area (Å²) in [6.07, 6.45) is -5.08. The molecule has 2 aromatic rings. The third-order valence-electron chi connectivity index (χ3n) is 4.11. The molecular formula is C16H8Cl3F3N4. The van der Waals surface area contributed by atoms with Crippen LogP contribution in [-0.2, 0) is 5.41 Å². The van der Waals surface area contributed by atoms with Crippen molar-refractivity contribution in [1.29, 1.82) is 5.26 Å². The predicted molar refractivity (Wildman–Crippen MR) is 92.0 cm³/mol. The van der Waals surface area contributed by atoms with E-state index in [0.29, 0.717) is 0 Å². The Hall–Kier alpha value is -1.88. The van der Waals surface area contributed by atoms with Crippen molar-refractivity contribution in [3.8, 4) is 6.07 Å². The Kier molecular flexibility index (Phi) is 4.86. The van der Waals surface area contributed by atoms with Crippen LogP contribution in [0.3, 0.4) is 0 Å². The Morgan fingerprint density at radius 2 is 1.73 bits per heavy atom. The Labute approximate surface area is 161 Å². The highest BCUT2D eigenvalue weighted by molar-refractivity contribution is 6.32. The van der Waals surface area contributed by atoms with Gasteiger partial charge < -0.3 is 0 Å². The molecule has 1 aliphatic rings. The smallest absolute Gasteiger partial charge is 0.286 e. The lowest BCUT2D eigenvalue weighted by atomic mass is 9.77. The van der Waals surface area contributed by atoms with Crippen molar-refractivity contribution in [3.63, 3.8) is 0 Å². The molecule has 0 saturated heterocycles. The largest absolute Gasteiger partial charge is 0.400 e. The second-order valence-electron chi connectivity index (χ2n) is 5.66. The Balaban J connectivity index is 2.05. The maximum absolute atomic E-state index is 14.0. The minimum absolute atomic E-state index is 0.0774. The predicted octanol–water partition coefficient (Wildman–Crippen LogP) is 5.00. The Morgan fingerprint density at radius 3 is 2.31 bits per heavy atom. The van der Waals surface area contributed by atoms with Crippen LogP contribution in [0.2, 0.25) is 15.3 Å². The van der Waals surface area contributed by atoms with Gasteiger partial charge in [-0.1, -0.05) is 34.8 Å². The van der Waals surface area contributed by atoms with Gasteiger partial charge in [0, 0.05) is 6.42 Å². The SMILES string of the molecule is N#Cc1nc(C2=NCC(c3cc(Cl)nc(Cl)c3)(C(F)(F)F)C2)ccc1Cl. The molecule has 0 N–H and O–H groups in total. The zero-order chi connectivity index (χ0) is 19.1. The molecule has 3 heterocycles. The fraction of sp³-hybridized carbons (Fsp3) is 0.250. The summed E-state index contributed by atoms with van der Waals surface area (Å²) in [4.78, 5) is 11.7. The molecule has 1 aliphatic heterocycles. The van der Waals surface area contributed by atoms with Gasteiger partial charge in [-0.3, -0.25) is 4.99 Å². The number of pyridine rings is 2. The summed E-state index contributed by atoms with van der Waals surface area (Å²) in [7, 11) is 0. The van der Waals surface area contributed by atoms with Crippen LogP contribution >= 0.6 is 34.8 Å². The van der Waals surface area contributed by atoms with Crippen molar-refractivity contribution >= 4 is 40.5 Å². The lowest BCUT2D eigenvalue weighted by molar-refractivity contribution is -0.183. The van der Waals surface area contributed by atoms with Gasteiger partial charge in [0.25, 0.3) is 0 Å². The van der Waals surface area contributed by atoms with E-state index in [1.165, 1.54) is 12.1 Å². The molecule has 1 atom stereocenters. The van der Waals surface area contributed by atoms with E-state index in [1.807, 2.05) is 0 Å². The van der Waals surface area contributed by atoms with Gasteiger partial charge >= 0.3 is 6.18 Å². The summed E-state index contributed by atoms with van der Waals surface area (Å²) in [5.41, 5.74) is -2.20. The highest BCUT2D eigenvalue weighted by atomic mass is 35.5. The molecule has 0 radical (unpaired) electrons. The van der Waals surface area contributed by atoms with E-state index in [0.717, 1.165) is 12.1 Å². The second kappa shape index (κ2) is 6.69. The van der Waals surface area contributed by atoms with Crippen LogP contribution < -0.4 is 0 Å². The van der Waals surface area contributed by atoms with Crippen molar-refractivity contribution < 1.29 is 13.2 Å². The molecule has 0 saturated carbocycles. The molecule has 26 heavy (non-hydrogen) atoms. The first kappa shape index (κ1) is 18.9. The van der Waals surface area contributed by atoms with Crippen molar-refractivity contribution in [1.82, 2.24) is 9.97 Å². The van der Waals surface area contributed by atoms with Crippen LogP contribution in [0.5, 0.6) is 0 Å². The average Bonchev–Trinajstić information content (AvgIpc) is 3.01. The summed E-state index contributed by atoms with van der Waals surface area (Å²) in [6, 6.07) is 6.89. The number of nitrogens with zero attached hydrogens (tertiary/aromatic N) is 4. The number of rotatable bonds is 2. The number of alkyl halides is 3. The third kappa shape index (κ3) is 3.25. The molecule has 0 fully saturated rings. The number of aliphatic imine (C=N–C) groups is 1. The number of hydrogen-bond acceptors (Lipinski definition) is 4. The van der Waals surface area contributed by atoms with Gasteiger partial charge in [0.1, 0.15) is 21.8 Å². The number of halogens is 6. The topological polar surface area (TPSA) is 61.9 Å². The standard InChI is InChI=1S/C16H8Cl3F3N4/c17-9-1-2-10(25-12(9)6-23)11-5-15(7-24-11,16(20,21)22)8-3-13(18)26-14(19)4-8/h1-4H,5,7H2. The van der Waals surface area contributed by atoms with E-state index in [4.69, 9.17) is 40.1 Å². The Bertz CT molecular complexity index is 932. The molecule has 0 spiro atoms. The van der Waals surface area contributed by atoms with Crippen LogP contribution in [-0.4, -0.2) is 28.4 Å². The van der Waals surface area contributed by atoms with Crippen molar-refractivity contribution in [2.45, 2.75) is 18.0 Å². The number of hydrogen-bond donors (Lipinski definition) is 0. The van der Waals surface area contributed by atoms with E-state index in [-0.39, 0.29) is 38.0 Å². The summed E-state index contributed by atoms with van der Waals surface area (Å²) >= 11 is 17.4. The van der Waals surface area contributed by atoms with E-state index in [9.17, 15) is 13.2 Å². The first-order valence-electron chi connectivity index (χ1n) is 7.17. The zero-order valence-corrected chi connectivity index (χ0v) is 15.0. The minimum atomic E-state index is -4.61. The van der Waals surface area contributed by atoms with Gasteiger partial charge in [0.05, 0.1) is 23.0 Å². The van der Waals surface area contributed by atoms with Gasteiger partial charge in [-0.05, 0) is 29.8 Å². The molecule has 1 unspecified atom stereocenters. The summed E-state index contributed by atoms with van der Waals surface area (Å²) in [5.74, 6) is 0. The average molecular weight is 420 g/mol. The van der Waals surface area contributed by atoms with Crippen molar-refractivity contribution in [2.24, 2.45) is 4.99 Å². The maximum Gasteiger partial charge on any atom is 0.400 e. The van der Waals surface area contributed by atoms with Crippen molar-refractivity contribution in [3.05, 3.63) is 56.5 Å². The molecule has 4 nitrogen and oxygen atoms in total. The van der Waals surface area contributed by atoms with E-state index in [1.54, 1.807) is 6.07 Å². The molecule has 0 aliphatic carbocycles. The lowest BCUT2D eigenvalue weighted by Crippen LogP contribution is -2.44. The molecule has 3 rings (SSSR count). The van der Waals surface area contributed by atoms with Crippen LogP contribution in [0, 0.1) is 11.3 Å². The molecule has 134 valence electrons. The third-order valence-corrected chi connectivity index (χ3v) is 4.81. The quantitative estimate of drug-likeness (QED) is 0.644. The minimum Gasteiger partial charge on any atom is -0.286 e. The molecule has 2 aromatic heterocycles. The Morgan fingerprint density at radius 1 is 1.08 bits per heavy atom.